The van der Waals surface area contributed by atoms with Gasteiger partial charge in [0.25, 0.3) is 0 Å². The summed E-state index contributed by atoms with van der Waals surface area (Å²) in [5.74, 6) is -1.93. The van der Waals surface area contributed by atoms with Crippen LogP contribution in [0.15, 0.2) is 48.5 Å². The van der Waals surface area contributed by atoms with Gasteiger partial charge in [-0.25, -0.2) is 9.59 Å². The van der Waals surface area contributed by atoms with Crippen molar-refractivity contribution in [2.45, 2.75) is 38.3 Å². The van der Waals surface area contributed by atoms with Crippen molar-refractivity contribution >= 4 is 18.0 Å². The molecule has 0 aromatic heterocycles. The lowest BCUT2D eigenvalue weighted by Gasteiger charge is -2.46. The van der Waals surface area contributed by atoms with Gasteiger partial charge in [0.2, 0.25) is 5.91 Å². The number of fused-ring (bicyclic) bond motifs is 3. The molecule has 0 unspecified atom stereocenters. The number of rotatable bonds is 5. The smallest absolute Gasteiger partial charge is 0.407 e. The molecular formula is C25H28N2O6. The van der Waals surface area contributed by atoms with Gasteiger partial charge < -0.3 is 25.2 Å². The molecule has 1 saturated heterocycles. The Bertz CT molecular complexity index is 1050. The number of carbonyl (C=O) groups is 3. The first-order chi connectivity index (χ1) is 15.5. The third-order valence-corrected chi connectivity index (χ3v) is 6.33. The monoisotopic (exact) mass is 452 g/mol. The number of carboxylic acid groups (broad SMARTS) is 1. The van der Waals surface area contributed by atoms with Gasteiger partial charge in [-0.2, -0.15) is 0 Å². The van der Waals surface area contributed by atoms with Gasteiger partial charge >= 0.3 is 12.1 Å². The maximum atomic E-state index is 13.0. The second-order valence-electron chi connectivity index (χ2n) is 9.80. The number of amides is 2. The number of hydrogen-bond acceptors (Lipinski definition) is 5. The zero-order valence-electron chi connectivity index (χ0n) is 18.9. The van der Waals surface area contributed by atoms with Crippen LogP contribution >= 0.6 is 0 Å². The molecule has 0 bridgehead atoms. The first kappa shape index (κ1) is 22.8. The van der Waals surface area contributed by atoms with E-state index in [-0.39, 0.29) is 25.6 Å². The maximum absolute atomic E-state index is 13.0. The summed E-state index contributed by atoms with van der Waals surface area (Å²) >= 11 is 0. The van der Waals surface area contributed by atoms with E-state index in [0.717, 1.165) is 22.3 Å². The fourth-order valence-corrected chi connectivity index (χ4v) is 4.47. The maximum Gasteiger partial charge on any atom is 0.407 e. The highest BCUT2D eigenvalue weighted by Crippen LogP contribution is 2.44. The molecule has 0 saturated carbocycles. The normalized spacial score (nSPS) is 17.4. The van der Waals surface area contributed by atoms with Gasteiger partial charge in [0.15, 0.2) is 5.60 Å². The molecular weight excluding hydrogens is 424 g/mol. The van der Waals surface area contributed by atoms with Crippen LogP contribution in [0.4, 0.5) is 4.79 Å². The Morgan fingerprint density at radius 1 is 1.06 bits per heavy atom. The van der Waals surface area contributed by atoms with Gasteiger partial charge in [-0.3, -0.25) is 4.79 Å². The molecule has 1 fully saturated rings. The second-order valence-corrected chi connectivity index (χ2v) is 9.80. The summed E-state index contributed by atoms with van der Waals surface area (Å²) in [6.07, 6.45) is -0.723. The van der Waals surface area contributed by atoms with Crippen molar-refractivity contribution < 1.29 is 29.3 Å². The molecule has 2 amide bonds. The molecule has 3 N–H and O–H groups in total. The molecule has 2 aromatic rings. The van der Waals surface area contributed by atoms with E-state index in [4.69, 9.17) is 9.84 Å². The lowest BCUT2D eigenvalue weighted by molar-refractivity contribution is -0.183. The number of carbonyl (C=O) groups excluding carboxylic acids is 2. The Morgan fingerprint density at radius 3 is 2.06 bits per heavy atom. The molecule has 33 heavy (non-hydrogen) atoms. The largest absolute Gasteiger partial charge is 0.479 e. The van der Waals surface area contributed by atoms with E-state index in [2.05, 4.69) is 5.32 Å². The van der Waals surface area contributed by atoms with E-state index >= 15 is 0 Å². The predicted octanol–water partition coefficient (Wildman–Crippen LogP) is 2.60. The zero-order valence-corrected chi connectivity index (χ0v) is 18.9. The molecule has 4 rings (SSSR count). The highest BCUT2D eigenvalue weighted by atomic mass is 16.5. The van der Waals surface area contributed by atoms with Gasteiger partial charge in [0, 0.05) is 5.92 Å². The van der Waals surface area contributed by atoms with E-state index in [9.17, 15) is 19.5 Å². The average molecular weight is 453 g/mol. The van der Waals surface area contributed by atoms with Crippen molar-refractivity contribution in [1.29, 1.82) is 0 Å². The third kappa shape index (κ3) is 4.18. The minimum Gasteiger partial charge on any atom is -0.479 e. The van der Waals surface area contributed by atoms with Gasteiger partial charge in [-0.1, -0.05) is 69.3 Å². The van der Waals surface area contributed by atoms with Crippen LogP contribution in [-0.4, -0.2) is 64.4 Å². The number of nitrogens with zero attached hydrogens (tertiary/aromatic N) is 1. The quantitative estimate of drug-likeness (QED) is 0.642. The molecule has 1 atom stereocenters. The van der Waals surface area contributed by atoms with Crippen LogP contribution in [0.1, 0.15) is 37.8 Å². The highest BCUT2D eigenvalue weighted by Gasteiger charge is 2.52. The molecule has 0 spiro atoms. The number of benzene rings is 2. The number of likely N-dealkylation sites (tertiary alicyclic amines) is 1. The molecule has 2 aromatic carbocycles. The number of alkyl carbamates (subject to hydrolysis) is 1. The molecule has 8 heteroatoms. The highest BCUT2D eigenvalue weighted by molar-refractivity contribution is 5.90. The van der Waals surface area contributed by atoms with Crippen molar-refractivity contribution in [3.63, 3.8) is 0 Å². The topological polar surface area (TPSA) is 116 Å². The molecule has 0 radical (unpaired) electrons. The van der Waals surface area contributed by atoms with Gasteiger partial charge in [-0.15, -0.1) is 0 Å². The van der Waals surface area contributed by atoms with Gasteiger partial charge in [0.1, 0.15) is 12.6 Å². The lowest BCUT2D eigenvalue weighted by atomic mass is 9.84. The van der Waals surface area contributed by atoms with E-state index in [1.807, 2.05) is 48.5 Å². The summed E-state index contributed by atoms with van der Waals surface area (Å²) in [5, 5.41) is 21.7. The number of ether oxygens (including phenoxy) is 1. The van der Waals surface area contributed by atoms with E-state index in [0.29, 0.717) is 0 Å². The molecule has 8 nitrogen and oxygen atoms in total. The number of β-amino-alcohol motifs (C(OH)–C–C–N with tert-alkyl or cyclic N) is 1. The fraction of sp³-hybridized carbons (Fsp3) is 0.400. The van der Waals surface area contributed by atoms with Crippen molar-refractivity contribution in [1.82, 2.24) is 10.2 Å². The average Bonchev–Trinajstić information content (AvgIpc) is 3.06. The number of hydrogen-bond donors (Lipinski definition) is 3. The SMILES string of the molecule is CC(C)(C)[C@@H](NC(=O)OCC1c2ccccc2-c2ccccc21)C(=O)N1CC(O)(C(=O)O)C1. The molecule has 1 aliphatic heterocycles. The van der Waals surface area contributed by atoms with Gasteiger partial charge in [-0.05, 0) is 27.7 Å². The lowest BCUT2D eigenvalue weighted by Crippen LogP contribution is -2.70. The summed E-state index contributed by atoms with van der Waals surface area (Å²) in [7, 11) is 0. The first-order valence-corrected chi connectivity index (χ1v) is 10.9. The van der Waals surface area contributed by atoms with Crippen LogP contribution in [0.3, 0.4) is 0 Å². The van der Waals surface area contributed by atoms with Crippen LogP contribution in [0.5, 0.6) is 0 Å². The Kier molecular flexibility index (Phi) is 5.66. The van der Waals surface area contributed by atoms with Crippen molar-refractivity contribution in [3.8, 4) is 11.1 Å². The van der Waals surface area contributed by atoms with Gasteiger partial charge in [0.05, 0.1) is 13.1 Å². The zero-order chi connectivity index (χ0) is 24.0. The van der Waals surface area contributed by atoms with Crippen LogP contribution in [0, 0.1) is 5.41 Å². The Hall–Kier alpha value is -3.39. The van der Waals surface area contributed by atoms with Crippen molar-refractivity contribution in [3.05, 3.63) is 59.7 Å². The number of nitrogens with one attached hydrogen (secondary N) is 1. The second kappa shape index (κ2) is 8.19. The summed E-state index contributed by atoms with van der Waals surface area (Å²) in [4.78, 5) is 38.0. The summed E-state index contributed by atoms with van der Waals surface area (Å²) in [6.45, 7) is 4.86. The first-order valence-electron chi connectivity index (χ1n) is 10.9. The summed E-state index contributed by atoms with van der Waals surface area (Å²) in [5.41, 5.74) is 1.82. The summed E-state index contributed by atoms with van der Waals surface area (Å²) < 4.78 is 5.56. The predicted molar refractivity (Wildman–Crippen MR) is 121 cm³/mol. The molecule has 1 aliphatic carbocycles. The van der Waals surface area contributed by atoms with Crippen LogP contribution in [0.25, 0.3) is 11.1 Å². The van der Waals surface area contributed by atoms with Crippen LogP contribution < -0.4 is 5.32 Å². The van der Waals surface area contributed by atoms with E-state index in [1.165, 1.54) is 4.90 Å². The molecule has 174 valence electrons. The summed E-state index contributed by atoms with van der Waals surface area (Å²) in [6, 6.07) is 15.1. The van der Waals surface area contributed by atoms with Crippen LogP contribution in [-0.2, 0) is 14.3 Å². The standard InChI is InChI=1S/C25H28N2O6/c1-24(2,3)20(21(28)27-13-25(32,14-27)22(29)30)26-23(31)33-12-19-17-10-6-4-8-15(17)16-9-5-7-11-18(16)19/h4-11,19-20,32H,12-14H2,1-3H3,(H,26,31)(H,29,30)/t20-/m0/s1. The third-order valence-electron chi connectivity index (χ3n) is 6.33. The van der Waals surface area contributed by atoms with Crippen molar-refractivity contribution in [2.24, 2.45) is 5.41 Å². The van der Waals surface area contributed by atoms with Crippen molar-refractivity contribution in [2.75, 3.05) is 19.7 Å². The Morgan fingerprint density at radius 2 is 1.58 bits per heavy atom. The fourth-order valence-electron chi connectivity index (χ4n) is 4.47. The Balaban J connectivity index is 1.43. The number of aliphatic carboxylic acids is 1. The number of carboxylic acids is 1. The molecule has 1 heterocycles. The minimum absolute atomic E-state index is 0.104. The number of aliphatic hydroxyl groups is 1. The molecule has 2 aliphatic rings. The van der Waals surface area contributed by atoms with E-state index in [1.54, 1.807) is 20.8 Å². The van der Waals surface area contributed by atoms with E-state index < -0.39 is 35.0 Å². The minimum atomic E-state index is -1.94. The van der Waals surface area contributed by atoms with Crippen LogP contribution in [0.2, 0.25) is 0 Å². The Labute approximate surface area is 192 Å².